The second-order valence-corrected chi connectivity index (χ2v) is 7.32. The summed E-state index contributed by atoms with van der Waals surface area (Å²) in [6.45, 7) is 0. The van der Waals surface area contributed by atoms with E-state index in [0.717, 1.165) is 43.4 Å². The summed E-state index contributed by atoms with van der Waals surface area (Å²) in [7, 11) is 0. The predicted octanol–water partition coefficient (Wildman–Crippen LogP) is 3.87. The summed E-state index contributed by atoms with van der Waals surface area (Å²) in [6.07, 6.45) is 4.57. The number of fused-ring (bicyclic) bond motifs is 3. The van der Waals surface area contributed by atoms with E-state index < -0.39 is 17.8 Å². The zero-order chi connectivity index (χ0) is 20.0. The fourth-order valence-corrected chi connectivity index (χ4v) is 4.16. The molecule has 2 aliphatic rings. The highest BCUT2D eigenvalue weighted by atomic mass is 16.7. The lowest BCUT2D eigenvalue weighted by atomic mass is 9.97. The van der Waals surface area contributed by atoms with Crippen molar-refractivity contribution in [1.82, 2.24) is 10.0 Å². The van der Waals surface area contributed by atoms with E-state index in [-0.39, 0.29) is 11.1 Å². The van der Waals surface area contributed by atoms with Crippen LogP contribution in [0.5, 0.6) is 0 Å². The number of carbonyl (C=O) groups excluding carboxylic acids is 3. The smallest absolute Gasteiger partial charge is 0.324 e. The van der Waals surface area contributed by atoms with Crippen molar-refractivity contribution in [2.75, 3.05) is 0 Å². The predicted molar refractivity (Wildman–Crippen MR) is 105 cm³/mol. The van der Waals surface area contributed by atoms with Crippen molar-refractivity contribution in [3.63, 3.8) is 0 Å². The van der Waals surface area contributed by atoms with Crippen molar-refractivity contribution in [2.45, 2.75) is 32.1 Å². The fraction of sp³-hybridized carbons (Fsp3) is 0.217. The van der Waals surface area contributed by atoms with E-state index in [0.29, 0.717) is 21.5 Å². The van der Waals surface area contributed by atoms with Gasteiger partial charge in [-0.1, -0.05) is 41.8 Å². The number of hydroxylamine groups is 2. The first-order chi connectivity index (χ1) is 14.1. The molecule has 29 heavy (non-hydrogen) atoms. The summed E-state index contributed by atoms with van der Waals surface area (Å²) in [5.41, 5.74) is 3.36. The van der Waals surface area contributed by atoms with Gasteiger partial charge in [0.1, 0.15) is 0 Å². The minimum absolute atomic E-state index is 0.240. The molecule has 5 rings (SSSR count). The van der Waals surface area contributed by atoms with Crippen LogP contribution >= 0.6 is 0 Å². The number of nitrogens with zero attached hydrogens (tertiary/aromatic N) is 2. The van der Waals surface area contributed by atoms with Crippen LogP contribution in [-0.2, 0) is 17.7 Å². The number of pyridine rings is 1. The number of para-hydroxylation sites is 1. The van der Waals surface area contributed by atoms with Gasteiger partial charge < -0.3 is 4.84 Å². The molecule has 2 aromatic carbocycles. The Bertz CT molecular complexity index is 1150. The third-order valence-electron chi connectivity index (χ3n) is 5.55. The standard InChI is InChI=1S/C23H18N2O4/c26-21-14-8-4-5-9-15(14)22(27)25(21)29-23(28)20-16-10-2-1-3-12-18(16)24-19-13-7-6-11-17(19)20/h4-9,11,13H,1-3,10,12H2. The zero-order valence-electron chi connectivity index (χ0n) is 15.7. The number of benzene rings is 2. The number of amides is 2. The average Bonchev–Trinajstić information content (AvgIpc) is 2.90. The molecule has 0 radical (unpaired) electrons. The highest BCUT2D eigenvalue weighted by molar-refractivity contribution is 6.21. The van der Waals surface area contributed by atoms with Crippen molar-refractivity contribution in [2.24, 2.45) is 0 Å². The van der Waals surface area contributed by atoms with Gasteiger partial charge in [-0.25, -0.2) is 4.79 Å². The van der Waals surface area contributed by atoms with E-state index in [1.165, 1.54) is 0 Å². The molecule has 6 heteroatoms. The third-order valence-corrected chi connectivity index (χ3v) is 5.55. The van der Waals surface area contributed by atoms with Crippen LogP contribution in [0.25, 0.3) is 10.9 Å². The van der Waals surface area contributed by atoms with E-state index >= 15 is 0 Å². The second-order valence-electron chi connectivity index (χ2n) is 7.32. The third kappa shape index (κ3) is 2.79. The Morgan fingerprint density at radius 3 is 2.28 bits per heavy atom. The van der Waals surface area contributed by atoms with Crippen LogP contribution < -0.4 is 0 Å². The van der Waals surface area contributed by atoms with Crippen LogP contribution in [0.3, 0.4) is 0 Å². The Morgan fingerprint density at radius 2 is 1.52 bits per heavy atom. The molecule has 0 bridgehead atoms. The molecule has 144 valence electrons. The van der Waals surface area contributed by atoms with Crippen molar-refractivity contribution in [3.05, 3.63) is 76.5 Å². The number of aryl methyl sites for hydroxylation is 1. The van der Waals surface area contributed by atoms with E-state index in [1.807, 2.05) is 24.3 Å². The van der Waals surface area contributed by atoms with Gasteiger partial charge in [-0.3, -0.25) is 14.6 Å². The van der Waals surface area contributed by atoms with Gasteiger partial charge in [0, 0.05) is 11.1 Å². The van der Waals surface area contributed by atoms with E-state index in [1.54, 1.807) is 24.3 Å². The summed E-state index contributed by atoms with van der Waals surface area (Å²) < 4.78 is 0. The minimum Gasteiger partial charge on any atom is -0.324 e. The van der Waals surface area contributed by atoms with Gasteiger partial charge in [-0.15, -0.1) is 0 Å². The molecule has 1 aliphatic heterocycles. The lowest BCUT2D eigenvalue weighted by Gasteiger charge is -2.17. The normalized spacial score (nSPS) is 15.8. The van der Waals surface area contributed by atoms with Crippen molar-refractivity contribution >= 4 is 28.7 Å². The number of imide groups is 1. The average molecular weight is 386 g/mol. The van der Waals surface area contributed by atoms with Crippen LogP contribution in [0.15, 0.2) is 48.5 Å². The lowest BCUT2D eigenvalue weighted by molar-refractivity contribution is -0.0584. The Balaban J connectivity index is 1.58. The number of hydrogen-bond acceptors (Lipinski definition) is 5. The summed E-state index contributed by atoms with van der Waals surface area (Å²) >= 11 is 0. The molecule has 1 aromatic heterocycles. The van der Waals surface area contributed by atoms with Crippen LogP contribution in [0.4, 0.5) is 0 Å². The maximum Gasteiger partial charge on any atom is 0.364 e. The first-order valence-electron chi connectivity index (χ1n) is 9.76. The topological polar surface area (TPSA) is 76.6 Å². The monoisotopic (exact) mass is 386 g/mol. The van der Waals surface area contributed by atoms with Crippen LogP contribution in [0.1, 0.15) is 61.6 Å². The second kappa shape index (κ2) is 6.81. The summed E-state index contributed by atoms with van der Waals surface area (Å²) in [4.78, 5) is 48.6. The molecule has 1 aliphatic carbocycles. The van der Waals surface area contributed by atoms with Crippen LogP contribution in [0, 0.1) is 0 Å². The highest BCUT2D eigenvalue weighted by Crippen LogP contribution is 2.30. The van der Waals surface area contributed by atoms with Gasteiger partial charge >= 0.3 is 5.97 Å². The quantitative estimate of drug-likeness (QED) is 0.494. The molecule has 0 saturated heterocycles. The first-order valence-corrected chi connectivity index (χ1v) is 9.76. The molecule has 3 aromatic rings. The minimum atomic E-state index is -0.698. The van der Waals surface area contributed by atoms with Gasteiger partial charge in [0.05, 0.1) is 22.2 Å². The maximum atomic E-state index is 13.2. The largest absolute Gasteiger partial charge is 0.364 e. The first kappa shape index (κ1) is 17.6. The molecular formula is C23H18N2O4. The van der Waals surface area contributed by atoms with Crippen molar-refractivity contribution in [1.29, 1.82) is 0 Å². The number of hydrogen-bond donors (Lipinski definition) is 0. The summed E-state index contributed by atoms with van der Waals surface area (Å²) in [5.74, 6) is -1.94. The molecule has 0 saturated carbocycles. The van der Waals surface area contributed by atoms with Gasteiger partial charge in [-0.05, 0) is 49.4 Å². The molecule has 0 fully saturated rings. The number of carbonyl (C=O) groups is 3. The Kier molecular flexibility index (Phi) is 4.12. The van der Waals surface area contributed by atoms with Gasteiger partial charge in [0.15, 0.2) is 0 Å². The zero-order valence-corrected chi connectivity index (χ0v) is 15.7. The Hall–Kier alpha value is -3.54. The molecule has 0 atom stereocenters. The Morgan fingerprint density at radius 1 is 0.862 bits per heavy atom. The highest BCUT2D eigenvalue weighted by Gasteiger charge is 2.39. The van der Waals surface area contributed by atoms with Gasteiger partial charge in [0.2, 0.25) is 0 Å². The van der Waals surface area contributed by atoms with Crippen LogP contribution in [0.2, 0.25) is 0 Å². The van der Waals surface area contributed by atoms with E-state index in [4.69, 9.17) is 9.82 Å². The molecule has 2 heterocycles. The molecule has 0 N–H and O–H groups in total. The molecule has 2 amide bonds. The maximum absolute atomic E-state index is 13.2. The molecule has 0 unspecified atom stereocenters. The summed E-state index contributed by atoms with van der Waals surface area (Å²) in [6, 6.07) is 13.8. The van der Waals surface area contributed by atoms with Crippen molar-refractivity contribution < 1.29 is 19.2 Å². The number of rotatable bonds is 2. The Labute approximate surface area is 167 Å². The van der Waals surface area contributed by atoms with Crippen LogP contribution in [-0.4, -0.2) is 27.8 Å². The fourth-order valence-electron chi connectivity index (χ4n) is 4.16. The van der Waals surface area contributed by atoms with Crippen molar-refractivity contribution in [3.8, 4) is 0 Å². The lowest BCUT2D eigenvalue weighted by Crippen LogP contribution is -2.33. The number of aromatic nitrogens is 1. The summed E-state index contributed by atoms with van der Waals surface area (Å²) in [5, 5.41) is 1.25. The molecule has 0 spiro atoms. The SMILES string of the molecule is O=C(ON1C(=O)c2ccccc2C1=O)c1c2c(nc3ccccc13)CCCCC2. The molecule has 6 nitrogen and oxygen atoms in total. The van der Waals surface area contributed by atoms with Gasteiger partial charge in [-0.2, -0.15) is 0 Å². The molecular weight excluding hydrogens is 368 g/mol. The van der Waals surface area contributed by atoms with Gasteiger partial charge in [0.25, 0.3) is 11.8 Å². The van der Waals surface area contributed by atoms with E-state index in [2.05, 4.69) is 0 Å². The van der Waals surface area contributed by atoms with E-state index in [9.17, 15) is 14.4 Å².